The molecule has 0 atom stereocenters. The average molecular weight is 536 g/mol. The molecule has 0 aromatic heterocycles. The summed E-state index contributed by atoms with van der Waals surface area (Å²) in [4.78, 5) is 15.4. The Labute approximate surface area is 227 Å². The van der Waals surface area contributed by atoms with Crippen LogP contribution < -0.4 is 9.62 Å². The van der Waals surface area contributed by atoms with Crippen molar-refractivity contribution in [2.75, 3.05) is 30.2 Å². The van der Waals surface area contributed by atoms with Crippen LogP contribution in [-0.2, 0) is 33.3 Å². The van der Waals surface area contributed by atoms with E-state index in [1.165, 1.54) is 73.1 Å². The van der Waals surface area contributed by atoms with Crippen LogP contribution in [0.3, 0.4) is 0 Å². The number of rotatable bonds is 9. The monoisotopic (exact) mass is 535 g/mol. The minimum atomic E-state index is -3.61. The summed E-state index contributed by atoms with van der Waals surface area (Å²) in [5, 5.41) is 2.97. The molecule has 5 aliphatic rings. The second-order valence-electron chi connectivity index (χ2n) is 12.5. The van der Waals surface area contributed by atoms with Gasteiger partial charge in [-0.25, -0.2) is 8.42 Å². The molecule has 1 N–H and O–H groups in total. The summed E-state index contributed by atoms with van der Waals surface area (Å²) in [5.74, 6) is 2.28. The number of anilines is 1. The lowest BCUT2D eigenvalue weighted by atomic mass is 9.48. The molecule has 2 aromatic carbocycles. The van der Waals surface area contributed by atoms with Crippen molar-refractivity contribution in [1.29, 1.82) is 0 Å². The van der Waals surface area contributed by atoms with Crippen molar-refractivity contribution in [1.82, 2.24) is 10.2 Å². The molecule has 4 saturated carbocycles. The van der Waals surface area contributed by atoms with Gasteiger partial charge >= 0.3 is 0 Å². The summed E-state index contributed by atoms with van der Waals surface area (Å²) in [6.07, 6.45) is 11.7. The Morgan fingerprint density at radius 3 is 2.08 bits per heavy atom. The molecule has 5 fully saturated rings. The van der Waals surface area contributed by atoms with Crippen molar-refractivity contribution < 1.29 is 13.2 Å². The average Bonchev–Trinajstić information content (AvgIpc) is 3.39. The van der Waals surface area contributed by atoms with Gasteiger partial charge in [-0.05, 0) is 116 Å². The summed E-state index contributed by atoms with van der Waals surface area (Å²) in [7, 11) is -3.61. The normalized spacial score (nSPS) is 28.5. The Balaban J connectivity index is 1.12. The van der Waals surface area contributed by atoms with E-state index in [9.17, 15) is 13.2 Å². The number of carbonyl (C=O) groups is 1. The highest BCUT2D eigenvalue weighted by Gasteiger charge is 2.51. The number of benzene rings is 2. The zero-order valence-electron chi connectivity index (χ0n) is 22.6. The topological polar surface area (TPSA) is 69.7 Å². The van der Waals surface area contributed by atoms with Crippen LogP contribution in [0.1, 0.15) is 68.1 Å². The van der Waals surface area contributed by atoms with Crippen molar-refractivity contribution in [2.24, 2.45) is 17.8 Å². The summed E-state index contributed by atoms with van der Waals surface area (Å²) >= 11 is 0. The molecule has 0 radical (unpaired) electrons. The molecular weight excluding hydrogens is 494 g/mol. The van der Waals surface area contributed by atoms with E-state index in [0.29, 0.717) is 12.2 Å². The third-order valence-corrected chi connectivity index (χ3v) is 10.8. The van der Waals surface area contributed by atoms with E-state index < -0.39 is 10.0 Å². The molecule has 1 heterocycles. The smallest absolute Gasteiger partial charge is 0.241 e. The molecule has 2 aromatic rings. The quantitative estimate of drug-likeness (QED) is 0.499. The first-order valence-corrected chi connectivity index (χ1v) is 16.3. The Morgan fingerprint density at radius 2 is 1.50 bits per heavy atom. The number of amides is 1. The van der Waals surface area contributed by atoms with E-state index in [2.05, 4.69) is 28.4 Å². The van der Waals surface area contributed by atoms with Gasteiger partial charge in [-0.3, -0.25) is 14.0 Å². The van der Waals surface area contributed by atoms with E-state index in [0.717, 1.165) is 43.0 Å². The summed E-state index contributed by atoms with van der Waals surface area (Å²) in [5.41, 5.74) is 4.48. The van der Waals surface area contributed by atoms with Crippen LogP contribution in [0.2, 0.25) is 0 Å². The minimum absolute atomic E-state index is 0.218. The number of hydrogen-bond acceptors (Lipinski definition) is 4. The third-order valence-electron chi connectivity index (χ3n) is 9.68. The molecule has 1 aliphatic heterocycles. The van der Waals surface area contributed by atoms with Gasteiger partial charge in [0.05, 0.1) is 11.9 Å². The van der Waals surface area contributed by atoms with Crippen LogP contribution in [0.15, 0.2) is 48.5 Å². The zero-order valence-corrected chi connectivity index (χ0v) is 23.4. The van der Waals surface area contributed by atoms with Gasteiger partial charge in [0.1, 0.15) is 6.54 Å². The first-order valence-electron chi connectivity index (χ1n) is 14.4. The lowest BCUT2D eigenvalue weighted by molar-refractivity contribution is -0.119. The van der Waals surface area contributed by atoms with Crippen molar-refractivity contribution in [2.45, 2.75) is 69.9 Å². The zero-order chi connectivity index (χ0) is 26.3. The van der Waals surface area contributed by atoms with Gasteiger partial charge in [-0.1, -0.05) is 36.4 Å². The van der Waals surface area contributed by atoms with Crippen LogP contribution in [0.25, 0.3) is 0 Å². The molecule has 7 heteroatoms. The van der Waals surface area contributed by atoms with Crippen LogP contribution in [0.4, 0.5) is 5.69 Å². The predicted octanol–water partition coefficient (Wildman–Crippen LogP) is 4.83. The molecule has 4 bridgehead atoms. The Kier molecular flexibility index (Phi) is 7.02. The molecule has 38 heavy (non-hydrogen) atoms. The summed E-state index contributed by atoms with van der Waals surface area (Å²) in [6, 6.07) is 16.3. The maximum atomic E-state index is 13.0. The number of hydrogen-bond donors (Lipinski definition) is 1. The highest BCUT2D eigenvalue weighted by molar-refractivity contribution is 7.92. The van der Waals surface area contributed by atoms with Gasteiger partial charge in [-0.2, -0.15) is 0 Å². The number of nitrogens with zero attached hydrogens (tertiary/aromatic N) is 2. The van der Waals surface area contributed by atoms with Gasteiger partial charge in [-0.15, -0.1) is 0 Å². The molecule has 1 saturated heterocycles. The van der Waals surface area contributed by atoms with E-state index in [4.69, 9.17) is 0 Å². The van der Waals surface area contributed by atoms with E-state index in [1.807, 2.05) is 30.3 Å². The maximum Gasteiger partial charge on any atom is 0.241 e. The van der Waals surface area contributed by atoms with Gasteiger partial charge in [0, 0.05) is 13.1 Å². The fourth-order valence-corrected chi connectivity index (χ4v) is 9.15. The van der Waals surface area contributed by atoms with Crippen molar-refractivity contribution in [3.8, 4) is 0 Å². The number of carbonyl (C=O) groups excluding carboxylic acids is 1. The molecule has 4 aliphatic carbocycles. The highest BCUT2D eigenvalue weighted by Crippen LogP contribution is 2.60. The Morgan fingerprint density at radius 1 is 0.921 bits per heavy atom. The van der Waals surface area contributed by atoms with Crippen LogP contribution in [-0.4, -0.2) is 45.1 Å². The van der Waals surface area contributed by atoms with Crippen molar-refractivity contribution in [3.63, 3.8) is 0 Å². The lowest BCUT2D eigenvalue weighted by Crippen LogP contribution is -2.48. The first kappa shape index (κ1) is 25.9. The molecule has 0 spiro atoms. The van der Waals surface area contributed by atoms with Gasteiger partial charge in [0.15, 0.2) is 0 Å². The largest absolute Gasteiger partial charge is 0.350 e. The molecular formula is C31H41N3O3S. The number of sulfonamides is 1. The second-order valence-corrected chi connectivity index (χ2v) is 14.4. The fourth-order valence-electron chi connectivity index (χ4n) is 8.29. The van der Waals surface area contributed by atoms with Crippen LogP contribution >= 0.6 is 0 Å². The number of nitrogens with one attached hydrogen (secondary N) is 1. The van der Waals surface area contributed by atoms with Gasteiger partial charge in [0.25, 0.3) is 0 Å². The SMILES string of the molecule is CS(=O)(=O)N(CC(=O)NCc1ccccc1CN1CCCC1)c1ccc(C23CC4CC(CC(C4)C2)C3)cc1. The standard InChI is InChI=1S/C31H41N3O3S/c1-38(36,37)34(22-30(35)32-20-26-6-2-3-7-27(26)21-33-12-4-5-13-33)29-10-8-28(9-11-29)31-17-23-14-24(18-31)16-25(15-23)19-31/h2-3,6-11,23-25H,4-5,12-22H2,1H3,(H,32,35). The van der Waals surface area contributed by atoms with Gasteiger partial charge < -0.3 is 5.32 Å². The number of likely N-dealkylation sites (tertiary alicyclic amines) is 1. The van der Waals surface area contributed by atoms with Gasteiger partial charge in [0.2, 0.25) is 15.9 Å². The predicted molar refractivity (Wildman–Crippen MR) is 151 cm³/mol. The minimum Gasteiger partial charge on any atom is -0.350 e. The van der Waals surface area contributed by atoms with E-state index in [-0.39, 0.29) is 17.9 Å². The van der Waals surface area contributed by atoms with Crippen molar-refractivity contribution in [3.05, 3.63) is 65.2 Å². The van der Waals surface area contributed by atoms with Crippen LogP contribution in [0, 0.1) is 17.8 Å². The maximum absolute atomic E-state index is 13.0. The third kappa shape index (κ3) is 5.37. The summed E-state index contributed by atoms with van der Waals surface area (Å²) in [6.45, 7) is 3.30. The lowest BCUT2D eigenvalue weighted by Gasteiger charge is -2.57. The highest BCUT2D eigenvalue weighted by atomic mass is 32.2. The fraction of sp³-hybridized carbons (Fsp3) is 0.581. The Bertz CT molecular complexity index is 1230. The molecule has 1 amide bonds. The first-order chi connectivity index (χ1) is 18.3. The van der Waals surface area contributed by atoms with E-state index in [1.54, 1.807) is 0 Å². The molecule has 6 nitrogen and oxygen atoms in total. The summed E-state index contributed by atoms with van der Waals surface area (Å²) < 4.78 is 26.7. The molecule has 7 rings (SSSR count). The van der Waals surface area contributed by atoms with Crippen LogP contribution in [0.5, 0.6) is 0 Å². The Hall–Kier alpha value is -2.38. The van der Waals surface area contributed by atoms with Crippen molar-refractivity contribution >= 4 is 21.6 Å². The molecule has 204 valence electrons. The van der Waals surface area contributed by atoms with E-state index >= 15 is 0 Å². The molecule has 0 unspecified atom stereocenters. The second kappa shape index (κ2) is 10.3.